The zero-order valence-electron chi connectivity index (χ0n) is 16.0. The highest BCUT2D eigenvalue weighted by molar-refractivity contribution is 7.89. The lowest BCUT2D eigenvalue weighted by atomic mass is 10.1. The van der Waals surface area contributed by atoms with Crippen molar-refractivity contribution in [3.8, 4) is 0 Å². The van der Waals surface area contributed by atoms with Gasteiger partial charge in [0.15, 0.2) is 0 Å². The third-order valence-corrected chi connectivity index (χ3v) is 7.32. The number of halogens is 1. The van der Waals surface area contributed by atoms with Crippen LogP contribution in [0.25, 0.3) is 0 Å². The Morgan fingerprint density at radius 1 is 1.30 bits per heavy atom. The summed E-state index contributed by atoms with van der Waals surface area (Å²) in [5.41, 5.74) is 6.83. The van der Waals surface area contributed by atoms with E-state index in [0.717, 1.165) is 32.1 Å². The number of amides is 1. The first-order valence-corrected chi connectivity index (χ1v) is 10.9. The maximum absolute atomic E-state index is 12.9. The first-order chi connectivity index (χ1) is 12.3. The summed E-state index contributed by atoms with van der Waals surface area (Å²) in [6.07, 6.45) is 4.76. The highest BCUT2D eigenvalue weighted by atomic mass is 35.5. The molecule has 0 bridgehead atoms. The predicted octanol–water partition coefficient (Wildman–Crippen LogP) is 2.45. The van der Waals surface area contributed by atoms with Gasteiger partial charge in [-0.2, -0.15) is 0 Å². The lowest BCUT2D eigenvalue weighted by molar-refractivity contribution is 0.0743. The number of carbonyl (C=O) groups is 1. The molecule has 152 valence electrons. The van der Waals surface area contributed by atoms with Crippen molar-refractivity contribution in [2.45, 2.75) is 62.9 Å². The van der Waals surface area contributed by atoms with Crippen molar-refractivity contribution in [1.29, 1.82) is 0 Å². The van der Waals surface area contributed by atoms with Crippen molar-refractivity contribution in [3.63, 3.8) is 0 Å². The van der Waals surface area contributed by atoms with Crippen molar-refractivity contribution in [3.05, 3.63) is 29.3 Å². The fourth-order valence-electron chi connectivity index (χ4n) is 4.11. The van der Waals surface area contributed by atoms with E-state index in [0.29, 0.717) is 30.1 Å². The Balaban J connectivity index is 0.00000261. The van der Waals surface area contributed by atoms with Gasteiger partial charge in [0.2, 0.25) is 10.0 Å². The average Bonchev–Trinajstić information content (AvgIpc) is 3.23. The largest absolute Gasteiger partial charge is 0.336 e. The van der Waals surface area contributed by atoms with Crippen molar-refractivity contribution >= 4 is 28.3 Å². The van der Waals surface area contributed by atoms with E-state index in [2.05, 4.69) is 4.72 Å². The van der Waals surface area contributed by atoms with Gasteiger partial charge in [-0.25, -0.2) is 13.1 Å². The molecule has 0 spiro atoms. The number of nitrogens with two attached hydrogens (primary N) is 1. The van der Waals surface area contributed by atoms with Crippen LogP contribution in [0.3, 0.4) is 0 Å². The van der Waals surface area contributed by atoms with Crippen LogP contribution in [0.5, 0.6) is 0 Å². The fraction of sp³-hybridized carbons (Fsp3) is 0.632. The standard InChI is InChI=1S/C19H29N3O3S.ClH/c1-13-7-8-16(19(23)22-12-15(11-20)9-14(22)2)10-18(13)26(24,25)21-17-5-3-4-6-17;/h7-8,10,14-15,17,21H,3-6,9,11-12,20H2,1-2H3;1H. The first-order valence-electron chi connectivity index (χ1n) is 9.46. The number of nitrogens with one attached hydrogen (secondary N) is 1. The molecule has 3 N–H and O–H groups in total. The monoisotopic (exact) mass is 415 g/mol. The van der Waals surface area contributed by atoms with Crippen LogP contribution in [0.2, 0.25) is 0 Å². The van der Waals surface area contributed by atoms with Crippen molar-refractivity contribution < 1.29 is 13.2 Å². The molecule has 8 heteroatoms. The molecule has 1 aliphatic carbocycles. The number of likely N-dealkylation sites (tertiary alicyclic amines) is 1. The molecule has 1 aromatic rings. The molecule has 2 fully saturated rings. The van der Waals surface area contributed by atoms with E-state index >= 15 is 0 Å². The van der Waals surface area contributed by atoms with Crippen LogP contribution in [0, 0.1) is 12.8 Å². The van der Waals surface area contributed by atoms with Crippen LogP contribution in [0.4, 0.5) is 0 Å². The summed E-state index contributed by atoms with van der Waals surface area (Å²) in [5, 5.41) is 0. The Bertz CT molecular complexity index is 778. The van der Waals surface area contributed by atoms with E-state index in [-0.39, 0.29) is 35.3 Å². The normalized spacial score (nSPS) is 23.4. The summed E-state index contributed by atoms with van der Waals surface area (Å²) in [5.74, 6) is 0.192. The Morgan fingerprint density at radius 3 is 2.56 bits per heavy atom. The average molecular weight is 416 g/mol. The summed E-state index contributed by atoms with van der Waals surface area (Å²) >= 11 is 0. The lowest BCUT2D eigenvalue weighted by Gasteiger charge is -2.22. The number of sulfonamides is 1. The summed E-state index contributed by atoms with van der Waals surface area (Å²) in [7, 11) is -3.62. The summed E-state index contributed by atoms with van der Waals surface area (Å²) in [6.45, 7) is 4.97. The van der Waals surface area contributed by atoms with E-state index in [1.54, 1.807) is 19.1 Å². The number of hydrogen-bond acceptors (Lipinski definition) is 4. The smallest absolute Gasteiger partial charge is 0.254 e. The summed E-state index contributed by atoms with van der Waals surface area (Å²) in [4.78, 5) is 14.9. The molecule has 27 heavy (non-hydrogen) atoms. The Morgan fingerprint density at radius 2 is 1.96 bits per heavy atom. The molecule has 1 amide bonds. The van der Waals surface area contributed by atoms with Gasteiger partial charge in [-0.15, -0.1) is 12.4 Å². The maximum Gasteiger partial charge on any atom is 0.254 e. The third-order valence-electron chi connectivity index (χ3n) is 5.66. The maximum atomic E-state index is 12.9. The summed E-state index contributed by atoms with van der Waals surface area (Å²) in [6, 6.07) is 5.08. The van der Waals surface area contributed by atoms with Crippen LogP contribution in [-0.2, 0) is 10.0 Å². The Hall–Kier alpha value is -1.15. The lowest BCUT2D eigenvalue weighted by Crippen LogP contribution is -2.35. The fourth-order valence-corrected chi connectivity index (χ4v) is 5.69. The molecular formula is C19H30ClN3O3S. The predicted molar refractivity (Wildman–Crippen MR) is 109 cm³/mol. The Labute approximate surface area is 168 Å². The second-order valence-corrected chi connectivity index (χ2v) is 9.41. The number of hydrogen-bond donors (Lipinski definition) is 2. The topological polar surface area (TPSA) is 92.5 Å². The van der Waals surface area contributed by atoms with Crippen LogP contribution < -0.4 is 10.5 Å². The van der Waals surface area contributed by atoms with E-state index in [1.807, 2.05) is 11.8 Å². The minimum atomic E-state index is -3.62. The minimum Gasteiger partial charge on any atom is -0.336 e. The second kappa shape index (κ2) is 8.90. The molecule has 2 atom stereocenters. The van der Waals surface area contributed by atoms with Gasteiger partial charge in [-0.05, 0) is 63.3 Å². The number of rotatable bonds is 5. The van der Waals surface area contributed by atoms with Gasteiger partial charge in [-0.3, -0.25) is 4.79 Å². The van der Waals surface area contributed by atoms with Gasteiger partial charge in [0, 0.05) is 24.2 Å². The SMILES string of the molecule is Cc1ccc(C(=O)N2CC(CN)CC2C)cc1S(=O)(=O)NC1CCCC1.Cl. The number of benzene rings is 1. The zero-order valence-corrected chi connectivity index (χ0v) is 17.6. The van der Waals surface area contributed by atoms with Crippen LogP contribution in [0.15, 0.2) is 23.1 Å². The number of carbonyl (C=O) groups excluding carboxylic acids is 1. The van der Waals surface area contributed by atoms with Gasteiger partial charge in [0.05, 0.1) is 4.90 Å². The summed E-state index contributed by atoms with van der Waals surface area (Å²) < 4.78 is 28.4. The molecule has 2 aliphatic rings. The van der Waals surface area contributed by atoms with E-state index in [1.165, 1.54) is 6.07 Å². The highest BCUT2D eigenvalue weighted by Gasteiger charge is 2.33. The van der Waals surface area contributed by atoms with Gasteiger partial charge in [-0.1, -0.05) is 18.9 Å². The van der Waals surface area contributed by atoms with Gasteiger partial charge < -0.3 is 10.6 Å². The van der Waals surface area contributed by atoms with E-state index in [4.69, 9.17) is 5.73 Å². The number of aryl methyl sites for hydroxylation is 1. The molecule has 2 unspecified atom stereocenters. The van der Waals surface area contributed by atoms with Crippen LogP contribution >= 0.6 is 12.4 Å². The molecule has 1 saturated heterocycles. The van der Waals surface area contributed by atoms with Crippen molar-refractivity contribution in [2.75, 3.05) is 13.1 Å². The molecule has 3 rings (SSSR count). The molecule has 1 aliphatic heterocycles. The van der Waals surface area contributed by atoms with Gasteiger partial charge >= 0.3 is 0 Å². The van der Waals surface area contributed by atoms with E-state index in [9.17, 15) is 13.2 Å². The first kappa shape index (κ1) is 22.1. The molecule has 1 saturated carbocycles. The molecule has 1 heterocycles. The van der Waals surface area contributed by atoms with Gasteiger partial charge in [0.1, 0.15) is 0 Å². The molecule has 1 aromatic carbocycles. The Kier molecular flexibility index (Phi) is 7.30. The molecule has 0 radical (unpaired) electrons. The van der Waals surface area contributed by atoms with E-state index < -0.39 is 10.0 Å². The molecule has 6 nitrogen and oxygen atoms in total. The van der Waals surface area contributed by atoms with Gasteiger partial charge in [0.25, 0.3) is 5.91 Å². The zero-order chi connectivity index (χ0) is 18.9. The minimum absolute atomic E-state index is 0. The van der Waals surface area contributed by atoms with Crippen molar-refractivity contribution in [1.82, 2.24) is 9.62 Å². The van der Waals surface area contributed by atoms with Crippen LogP contribution in [0.1, 0.15) is 54.9 Å². The molecular weight excluding hydrogens is 386 g/mol. The highest BCUT2D eigenvalue weighted by Crippen LogP contribution is 2.26. The number of nitrogens with zero attached hydrogens (tertiary/aromatic N) is 1. The second-order valence-electron chi connectivity index (χ2n) is 7.73. The van der Waals surface area contributed by atoms with Crippen LogP contribution in [-0.4, -0.2) is 44.4 Å². The quantitative estimate of drug-likeness (QED) is 0.772. The molecule has 0 aromatic heterocycles. The third kappa shape index (κ3) is 4.83. The van der Waals surface area contributed by atoms with Crippen molar-refractivity contribution in [2.24, 2.45) is 11.7 Å².